The average Bonchev–Trinajstić information content (AvgIpc) is 3.25. The minimum absolute atomic E-state index is 0.0477. The first kappa shape index (κ1) is 16.4. The summed E-state index contributed by atoms with van der Waals surface area (Å²) in [5, 5.41) is 2.98. The van der Waals surface area contributed by atoms with Crippen LogP contribution in [0.15, 0.2) is 39.4 Å². The van der Waals surface area contributed by atoms with Gasteiger partial charge in [-0.3, -0.25) is 9.59 Å². The highest BCUT2D eigenvalue weighted by atomic mass is 16.3. The molecule has 6 heteroatoms. The van der Waals surface area contributed by atoms with Gasteiger partial charge >= 0.3 is 0 Å². The van der Waals surface area contributed by atoms with Crippen molar-refractivity contribution in [2.24, 2.45) is 5.92 Å². The molecule has 2 aromatic heterocycles. The van der Waals surface area contributed by atoms with Crippen molar-refractivity contribution in [3.05, 3.63) is 47.8 Å². The SMILES string of the molecule is Cc1ccc([C@H](C)NC(=O)[C@H]2CCCN(C(=O)c3ccco3)C2)o1. The molecule has 2 atom stereocenters. The van der Waals surface area contributed by atoms with E-state index in [2.05, 4.69) is 5.32 Å². The molecule has 2 amide bonds. The summed E-state index contributed by atoms with van der Waals surface area (Å²) in [4.78, 5) is 26.6. The normalized spacial score (nSPS) is 19.1. The molecule has 1 aliphatic rings. The first-order valence-corrected chi connectivity index (χ1v) is 8.24. The lowest BCUT2D eigenvalue weighted by Gasteiger charge is -2.32. The zero-order chi connectivity index (χ0) is 17.1. The lowest BCUT2D eigenvalue weighted by atomic mass is 9.96. The number of furan rings is 2. The number of hydrogen-bond donors (Lipinski definition) is 1. The van der Waals surface area contributed by atoms with Crippen molar-refractivity contribution in [2.75, 3.05) is 13.1 Å². The molecular formula is C18H22N2O4. The molecule has 0 aromatic carbocycles. The van der Waals surface area contributed by atoms with Crippen molar-refractivity contribution < 1.29 is 18.4 Å². The zero-order valence-corrected chi connectivity index (χ0v) is 14.0. The van der Waals surface area contributed by atoms with Crippen LogP contribution in [0.1, 0.15) is 47.9 Å². The molecule has 3 heterocycles. The molecule has 1 aliphatic heterocycles. The van der Waals surface area contributed by atoms with Gasteiger partial charge in [0.05, 0.1) is 18.2 Å². The molecule has 2 aromatic rings. The second kappa shape index (κ2) is 6.95. The molecule has 24 heavy (non-hydrogen) atoms. The quantitative estimate of drug-likeness (QED) is 0.935. The van der Waals surface area contributed by atoms with Crippen molar-refractivity contribution in [3.63, 3.8) is 0 Å². The van der Waals surface area contributed by atoms with E-state index in [1.165, 1.54) is 6.26 Å². The van der Waals surface area contributed by atoms with Crippen LogP contribution in [0, 0.1) is 12.8 Å². The number of hydrogen-bond acceptors (Lipinski definition) is 4. The van der Waals surface area contributed by atoms with Crippen molar-refractivity contribution in [2.45, 2.75) is 32.7 Å². The number of amides is 2. The van der Waals surface area contributed by atoms with Crippen molar-refractivity contribution >= 4 is 11.8 Å². The van der Waals surface area contributed by atoms with Gasteiger partial charge in [-0.1, -0.05) is 0 Å². The number of piperidine rings is 1. The van der Waals surface area contributed by atoms with Gasteiger partial charge in [-0.2, -0.15) is 0 Å². The summed E-state index contributed by atoms with van der Waals surface area (Å²) < 4.78 is 10.7. The Morgan fingerprint density at radius 3 is 2.83 bits per heavy atom. The van der Waals surface area contributed by atoms with Gasteiger partial charge in [0, 0.05) is 13.1 Å². The number of rotatable bonds is 4. The van der Waals surface area contributed by atoms with E-state index >= 15 is 0 Å². The van der Waals surface area contributed by atoms with Gasteiger partial charge < -0.3 is 19.1 Å². The average molecular weight is 330 g/mol. The topological polar surface area (TPSA) is 75.7 Å². The maximum absolute atomic E-state index is 12.5. The second-order valence-corrected chi connectivity index (χ2v) is 6.25. The highest BCUT2D eigenvalue weighted by Crippen LogP contribution is 2.21. The van der Waals surface area contributed by atoms with Crippen LogP contribution < -0.4 is 5.32 Å². The van der Waals surface area contributed by atoms with E-state index in [1.54, 1.807) is 17.0 Å². The summed E-state index contributed by atoms with van der Waals surface area (Å²) in [5.74, 6) is 1.45. The van der Waals surface area contributed by atoms with Crippen molar-refractivity contribution in [1.82, 2.24) is 10.2 Å². The van der Waals surface area contributed by atoms with E-state index in [1.807, 2.05) is 26.0 Å². The Bertz CT molecular complexity index is 704. The third-order valence-corrected chi connectivity index (χ3v) is 4.36. The number of nitrogens with zero attached hydrogens (tertiary/aromatic N) is 1. The molecule has 0 aliphatic carbocycles. The highest BCUT2D eigenvalue weighted by Gasteiger charge is 2.30. The molecule has 3 rings (SSSR count). The molecule has 1 fully saturated rings. The molecule has 128 valence electrons. The summed E-state index contributed by atoms with van der Waals surface area (Å²) in [6, 6.07) is 6.89. The maximum atomic E-state index is 12.5. The van der Waals surface area contributed by atoms with Gasteiger partial charge in [-0.15, -0.1) is 0 Å². The van der Waals surface area contributed by atoms with Crippen molar-refractivity contribution in [3.8, 4) is 0 Å². The molecule has 0 unspecified atom stereocenters. The Morgan fingerprint density at radius 1 is 1.33 bits per heavy atom. The maximum Gasteiger partial charge on any atom is 0.289 e. The first-order chi connectivity index (χ1) is 11.5. The van der Waals surface area contributed by atoms with Crippen LogP contribution in [0.2, 0.25) is 0 Å². The Labute approximate surface area is 140 Å². The minimum atomic E-state index is -0.212. The number of carbonyl (C=O) groups excluding carboxylic acids is 2. The standard InChI is InChI=1S/C18H22N2O4/c1-12-7-8-15(24-12)13(2)19-17(21)14-5-3-9-20(11-14)18(22)16-6-4-10-23-16/h4,6-8,10,13-14H,3,5,9,11H2,1-2H3,(H,19,21)/t13-,14-/m0/s1. The van der Waals surface area contributed by atoms with Crippen LogP contribution in [0.4, 0.5) is 0 Å². The zero-order valence-electron chi connectivity index (χ0n) is 14.0. The van der Waals surface area contributed by atoms with Gasteiger partial charge in [0.2, 0.25) is 5.91 Å². The van der Waals surface area contributed by atoms with Crippen LogP contribution in [0.5, 0.6) is 0 Å². The van der Waals surface area contributed by atoms with E-state index < -0.39 is 0 Å². The van der Waals surface area contributed by atoms with E-state index in [-0.39, 0.29) is 23.8 Å². The lowest BCUT2D eigenvalue weighted by Crippen LogP contribution is -2.45. The van der Waals surface area contributed by atoms with E-state index in [4.69, 9.17) is 8.83 Å². The molecule has 1 saturated heterocycles. The second-order valence-electron chi connectivity index (χ2n) is 6.25. The predicted molar refractivity (Wildman–Crippen MR) is 87.3 cm³/mol. The van der Waals surface area contributed by atoms with Crippen LogP contribution in [0.3, 0.4) is 0 Å². The summed E-state index contributed by atoms with van der Waals surface area (Å²) in [7, 11) is 0. The van der Waals surface area contributed by atoms with E-state index in [0.717, 1.165) is 24.4 Å². The number of aryl methyl sites for hydroxylation is 1. The third-order valence-electron chi connectivity index (χ3n) is 4.36. The molecule has 6 nitrogen and oxygen atoms in total. The summed E-state index contributed by atoms with van der Waals surface area (Å²) in [5.41, 5.74) is 0. The van der Waals surface area contributed by atoms with Crippen LogP contribution in [-0.2, 0) is 4.79 Å². The number of nitrogens with one attached hydrogen (secondary N) is 1. The smallest absolute Gasteiger partial charge is 0.289 e. The minimum Gasteiger partial charge on any atom is -0.464 e. The van der Waals surface area contributed by atoms with Crippen LogP contribution in [-0.4, -0.2) is 29.8 Å². The Hall–Kier alpha value is -2.50. The lowest BCUT2D eigenvalue weighted by molar-refractivity contribution is -0.127. The molecule has 0 bridgehead atoms. The van der Waals surface area contributed by atoms with Gasteiger partial charge in [-0.25, -0.2) is 0 Å². The number of likely N-dealkylation sites (tertiary alicyclic amines) is 1. The predicted octanol–water partition coefficient (Wildman–Crippen LogP) is 2.91. The Balaban J connectivity index is 1.59. The number of carbonyl (C=O) groups is 2. The first-order valence-electron chi connectivity index (χ1n) is 8.24. The molecule has 0 spiro atoms. The van der Waals surface area contributed by atoms with E-state index in [0.29, 0.717) is 18.8 Å². The fraction of sp³-hybridized carbons (Fsp3) is 0.444. The summed E-state index contributed by atoms with van der Waals surface area (Å²) >= 11 is 0. The molecule has 1 N–H and O–H groups in total. The van der Waals surface area contributed by atoms with Gasteiger partial charge in [-0.05, 0) is 51.0 Å². The molecular weight excluding hydrogens is 308 g/mol. The third kappa shape index (κ3) is 3.53. The van der Waals surface area contributed by atoms with Gasteiger partial charge in [0.1, 0.15) is 11.5 Å². The Kier molecular flexibility index (Phi) is 4.74. The molecule has 0 saturated carbocycles. The Morgan fingerprint density at radius 2 is 2.17 bits per heavy atom. The highest BCUT2D eigenvalue weighted by molar-refractivity contribution is 5.92. The summed E-state index contributed by atoms with van der Waals surface area (Å²) in [6.45, 7) is 4.83. The largest absolute Gasteiger partial charge is 0.464 e. The van der Waals surface area contributed by atoms with Gasteiger partial charge in [0.15, 0.2) is 5.76 Å². The van der Waals surface area contributed by atoms with E-state index in [9.17, 15) is 9.59 Å². The molecule has 0 radical (unpaired) electrons. The van der Waals surface area contributed by atoms with Gasteiger partial charge in [0.25, 0.3) is 5.91 Å². The van der Waals surface area contributed by atoms with Crippen molar-refractivity contribution in [1.29, 1.82) is 0 Å². The fourth-order valence-electron chi connectivity index (χ4n) is 3.02. The van der Waals surface area contributed by atoms with Crippen LogP contribution >= 0.6 is 0 Å². The summed E-state index contributed by atoms with van der Waals surface area (Å²) in [6.07, 6.45) is 3.06. The fourth-order valence-corrected chi connectivity index (χ4v) is 3.02. The van der Waals surface area contributed by atoms with Crippen LogP contribution in [0.25, 0.3) is 0 Å². The monoisotopic (exact) mass is 330 g/mol.